The Labute approximate surface area is 130 Å². The molecule has 2 aliphatic rings. The third kappa shape index (κ3) is 3.64. The van der Waals surface area contributed by atoms with E-state index >= 15 is 0 Å². The molecule has 1 saturated heterocycles. The molecule has 116 valence electrons. The van der Waals surface area contributed by atoms with Gasteiger partial charge < -0.3 is 10.6 Å². The van der Waals surface area contributed by atoms with Gasteiger partial charge in [0, 0.05) is 17.3 Å². The number of carbonyl (C=O) groups is 1. The molecule has 2 fully saturated rings. The molecule has 21 heavy (non-hydrogen) atoms. The summed E-state index contributed by atoms with van der Waals surface area (Å²) in [5.74, 6) is 0.110. The average Bonchev–Trinajstić information content (AvgIpc) is 2.84. The van der Waals surface area contributed by atoms with Gasteiger partial charge in [-0.1, -0.05) is 25.7 Å². The van der Waals surface area contributed by atoms with Crippen LogP contribution in [0.2, 0.25) is 0 Å². The maximum absolute atomic E-state index is 11.1. The molecular weight excluding hydrogens is 282 g/mol. The second-order valence-electron chi connectivity index (χ2n) is 6.39. The number of thiazole rings is 1. The number of likely N-dealkylation sites (tertiary alicyclic amines) is 1. The Morgan fingerprint density at radius 2 is 1.81 bits per heavy atom. The van der Waals surface area contributed by atoms with Crippen molar-refractivity contribution >= 4 is 17.2 Å². The number of carbonyl (C=O) groups excluding carboxylic acids is 1. The lowest BCUT2D eigenvalue weighted by Gasteiger charge is -2.36. The fraction of sp³-hybridized carbons (Fsp3) is 0.750. The van der Waals surface area contributed by atoms with Gasteiger partial charge >= 0.3 is 0 Å². The lowest BCUT2D eigenvalue weighted by Crippen LogP contribution is -2.40. The van der Waals surface area contributed by atoms with E-state index < -0.39 is 5.91 Å². The predicted molar refractivity (Wildman–Crippen MR) is 85.7 cm³/mol. The third-order valence-electron chi connectivity index (χ3n) is 4.99. The second kappa shape index (κ2) is 6.88. The van der Waals surface area contributed by atoms with Crippen molar-refractivity contribution in [2.75, 3.05) is 13.1 Å². The van der Waals surface area contributed by atoms with E-state index in [1.54, 1.807) is 16.7 Å². The molecule has 0 aromatic carbocycles. The van der Waals surface area contributed by atoms with Crippen LogP contribution in [0, 0.1) is 0 Å². The standard InChI is InChI=1S/C16H25N3OS/c17-15(20)14-11-21-16(18-14)12-7-9-19(10-8-12)13-5-3-1-2-4-6-13/h11-13H,1-10H2,(H2,17,20). The predicted octanol–water partition coefficient (Wildman–Crippen LogP) is 3.14. The molecule has 1 aromatic heterocycles. The molecule has 2 N–H and O–H groups in total. The summed E-state index contributed by atoms with van der Waals surface area (Å²) in [6, 6.07) is 0.811. The number of amides is 1. The van der Waals surface area contributed by atoms with Gasteiger partial charge in [-0.25, -0.2) is 4.98 Å². The number of hydrogen-bond acceptors (Lipinski definition) is 4. The molecule has 4 nitrogen and oxygen atoms in total. The van der Waals surface area contributed by atoms with Crippen LogP contribution >= 0.6 is 11.3 Å². The number of hydrogen-bond donors (Lipinski definition) is 1. The highest BCUT2D eigenvalue weighted by Crippen LogP contribution is 2.33. The van der Waals surface area contributed by atoms with Crippen molar-refractivity contribution in [1.82, 2.24) is 9.88 Å². The molecule has 1 aliphatic carbocycles. The van der Waals surface area contributed by atoms with Crippen molar-refractivity contribution in [2.24, 2.45) is 5.73 Å². The minimum Gasteiger partial charge on any atom is -0.364 e. The van der Waals surface area contributed by atoms with Crippen LogP contribution in [-0.4, -0.2) is 34.9 Å². The van der Waals surface area contributed by atoms with Gasteiger partial charge in [-0.05, 0) is 38.8 Å². The fourth-order valence-corrected chi connectivity index (χ4v) is 4.70. The zero-order valence-corrected chi connectivity index (χ0v) is 13.4. The highest BCUT2D eigenvalue weighted by molar-refractivity contribution is 7.09. The van der Waals surface area contributed by atoms with Crippen LogP contribution in [-0.2, 0) is 0 Å². The molecule has 3 rings (SSSR count). The molecule has 1 aliphatic heterocycles. The number of nitrogens with two attached hydrogens (primary N) is 1. The lowest BCUT2D eigenvalue weighted by molar-refractivity contribution is 0.0995. The van der Waals surface area contributed by atoms with E-state index in [0.29, 0.717) is 11.6 Å². The van der Waals surface area contributed by atoms with E-state index in [9.17, 15) is 4.79 Å². The van der Waals surface area contributed by atoms with Gasteiger partial charge in [0.05, 0.1) is 5.01 Å². The number of rotatable bonds is 3. The molecule has 5 heteroatoms. The molecule has 0 spiro atoms. The monoisotopic (exact) mass is 307 g/mol. The van der Waals surface area contributed by atoms with E-state index in [1.807, 2.05) is 0 Å². The van der Waals surface area contributed by atoms with Crippen LogP contribution in [0.15, 0.2) is 5.38 Å². The minimum atomic E-state index is -0.409. The van der Waals surface area contributed by atoms with Crippen molar-refractivity contribution in [3.63, 3.8) is 0 Å². The summed E-state index contributed by atoms with van der Waals surface area (Å²) in [6.07, 6.45) is 10.7. The Kier molecular flexibility index (Phi) is 4.91. The van der Waals surface area contributed by atoms with E-state index in [2.05, 4.69) is 9.88 Å². The molecule has 1 aromatic rings. The van der Waals surface area contributed by atoms with Crippen LogP contribution in [0.4, 0.5) is 0 Å². The zero-order chi connectivity index (χ0) is 14.7. The van der Waals surface area contributed by atoms with Crippen LogP contribution < -0.4 is 5.73 Å². The van der Waals surface area contributed by atoms with Crippen molar-refractivity contribution < 1.29 is 4.79 Å². The van der Waals surface area contributed by atoms with Crippen LogP contribution in [0.1, 0.15) is 72.8 Å². The smallest absolute Gasteiger partial charge is 0.268 e. The Morgan fingerprint density at radius 3 is 2.38 bits per heavy atom. The SMILES string of the molecule is NC(=O)c1csc(C2CCN(C3CCCCCC3)CC2)n1. The number of nitrogens with zero attached hydrogens (tertiary/aromatic N) is 2. The first kappa shape index (κ1) is 15.0. The largest absolute Gasteiger partial charge is 0.364 e. The van der Waals surface area contributed by atoms with Crippen molar-refractivity contribution in [3.8, 4) is 0 Å². The second-order valence-corrected chi connectivity index (χ2v) is 7.28. The lowest BCUT2D eigenvalue weighted by atomic mass is 9.95. The first-order chi connectivity index (χ1) is 10.2. The van der Waals surface area contributed by atoms with Crippen molar-refractivity contribution in [2.45, 2.75) is 63.3 Å². The van der Waals surface area contributed by atoms with E-state index in [-0.39, 0.29) is 0 Å². The molecule has 1 saturated carbocycles. The van der Waals surface area contributed by atoms with Gasteiger partial charge in [0.15, 0.2) is 0 Å². The van der Waals surface area contributed by atoms with Crippen LogP contribution in [0.25, 0.3) is 0 Å². The van der Waals surface area contributed by atoms with Crippen molar-refractivity contribution in [1.29, 1.82) is 0 Å². The van der Waals surface area contributed by atoms with Gasteiger partial charge in [0.1, 0.15) is 5.69 Å². The third-order valence-corrected chi connectivity index (χ3v) is 6.00. The highest BCUT2D eigenvalue weighted by Gasteiger charge is 2.27. The Morgan fingerprint density at radius 1 is 1.14 bits per heavy atom. The summed E-state index contributed by atoms with van der Waals surface area (Å²) in [7, 11) is 0. The molecule has 1 amide bonds. The van der Waals surface area contributed by atoms with Crippen LogP contribution in [0.3, 0.4) is 0 Å². The highest BCUT2D eigenvalue weighted by atomic mass is 32.1. The Balaban J connectivity index is 1.55. The maximum atomic E-state index is 11.1. The van der Waals surface area contributed by atoms with Gasteiger partial charge in [-0.2, -0.15) is 0 Å². The summed E-state index contributed by atoms with van der Waals surface area (Å²) in [6.45, 7) is 2.36. The zero-order valence-electron chi connectivity index (χ0n) is 12.6. The molecule has 0 atom stereocenters. The first-order valence-corrected chi connectivity index (χ1v) is 9.11. The summed E-state index contributed by atoms with van der Waals surface area (Å²) in [4.78, 5) is 18.3. The Hall–Kier alpha value is -0.940. The van der Waals surface area contributed by atoms with Crippen molar-refractivity contribution in [3.05, 3.63) is 16.1 Å². The van der Waals surface area contributed by atoms with E-state index in [1.165, 1.54) is 64.5 Å². The first-order valence-electron chi connectivity index (χ1n) is 8.23. The van der Waals surface area contributed by atoms with Gasteiger partial charge in [-0.3, -0.25) is 4.79 Å². The number of primary amides is 1. The average molecular weight is 307 g/mol. The Bertz CT molecular complexity index is 472. The fourth-order valence-electron chi connectivity index (χ4n) is 3.72. The number of aromatic nitrogens is 1. The molecule has 0 bridgehead atoms. The summed E-state index contributed by atoms with van der Waals surface area (Å²) >= 11 is 1.59. The molecule has 0 radical (unpaired) electrons. The van der Waals surface area contributed by atoms with Gasteiger partial charge in [-0.15, -0.1) is 11.3 Å². The maximum Gasteiger partial charge on any atom is 0.268 e. The van der Waals surface area contributed by atoms with Gasteiger partial charge in [0.25, 0.3) is 5.91 Å². The molecule has 2 heterocycles. The summed E-state index contributed by atoms with van der Waals surface area (Å²) < 4.78 is 0. The quantitative estimate of drug-likeness (QED) is 0.873. The topological polar surface area (TPSA) is 59.2 Å². The normalized spacial score (nSPS) is 23.0. The summed E-state index contributed by atoms with van der Waals surface area (Å²) in [5.41, 5.74) is 5.72. The van der Waals surface area contributed by atoms with Crippen LogP contribution in [0.5, 0.6) is 0 Å². The summed E-state index contributed by atoms with van der Waals surface area (Å²) in [5, 5.41) is 2.90. The van der Waals surface area contributed by atoms with Gasteiger partial charge in [0.2, 0.25) is 0 Å². The molecule has 0 unspecified atom stereocenters. The minimum absolute atomic E-state index is 0.409. The number of piperidine rings is 1. The molecular formula is C16H25N3OS. The van der Waals surface area contributed by atoms with E-state index in [0.717, 1.165) is 11.0 Å². The van der Waals surface area contributed by atoms with E-state index in [4.69, 9.17) is 5.73 Å².